The number of carbonyl (C=O) groups excluding carboxylic acids is 1. The van der Waals surface area contributed by atoms with Crippen LogP contribution in [0, 0.1) is 11.3 Å². The highest BCUT2D eigenvalue weighted by molar-refractivity contribution is 7.92. The number of hydrogen-bond acceptors (Lipinski definition) is 6. The van der Waals surface area contributed by atoms with Crippen LogP contribution in [0.25, 0.3) is 0 Å². The number of nitrogens with one attached hydrogen (secondary N) is 1. The van der Waals surface area contributed by atoms with Gasteiger partial charge in [-0.1, -0.05) is 6.07 Å². The van der Waals surface area contributed by atoms with E-state index < -0.39 is 15.6 Å². The van der Waals surface area contributed by atoms with Crippen molar-refractivity contribution in [3.8, 4) is 11.8 Å². The van der Waals surface area contributed by atoms with Crippen LogP contribution in [0.4, 0.5) is 5.69 Å². The first-order chi connectivity index (χ1) is 15.7. The van der Waals surface area contributed by atoms with Crippen LogP contribution in [0.1, 0.15) is 52.7 Å². The SMILES string of the molecule is CS(=O)(=O)Nc1ccc2c(c1)C(=O)CC1(CCN(C3CCc4cc(C#N)ccc4C3)CC1)O2.Cl. The fourth-order valence-corrected chi connectivity index (χ4v) is 6.02. The van der Waals surface area contributed by atoms with E-state index in [1.54, 1.807) is 18.2 Å². The van der Waals surface area contributed by atoms with Gasteiger partial charge in [-0.25, -0.2) is 8.42 Å². The molecular weight excluding hydrogens is 474 g/mol. The van der Waals surface area contributed by atoms with Gasteiger partial charge in [0.2, 0.25) is 10.0 Å². The quantitative estimate of drug-likeness (QED) is 0.688. The first kappa shape index (κ1) is 24.5. The second-order valence-electron chi connectivity index (χ2n) is 9.50. The number of aryl methyl sites for hydroxylation is 1. The Labute approximate surface area is 206 Å². The number of likely N-dealkylation sites (tertiary alicyclic amines) is 1. The summed E-state index contributed by atoms with van der Waals surface area (Å²) in [4.78, 5) is 15.5. The average molecular weight is 502 g/mol. The molecule has 180 valence electrons. The van der Waals surface area contributed by atoms with Gasteiger partial charge in [0.15, 0.2) is 5.78 Å². The predicted octanol–water partition coefficient (Wildman–Crippen LogP) is 3.71. The van der Waals surface area contributed by atoms with E-state index in [0.29, 0.717) is 29.5 Å². The summed E-state index contributed by atoms with van der Waals surface area (Å²) >= 11 is 0. The maximum absolute atomic E-state index is 13.0. The average Bonchev–Trinajstić information content (AvgIpc) is 2.78. The summed E-state index contributed by atoms with van der Waals surface area (Å²) in [7, 11) is -3.41. The topological polar surface area (TPSA) is 99.5 Å². The fraction of sp³-hybridized carbons (Fsp3) is 0.440. The Morgan fingerprint density at radius 3 is 2.62 bits per heavy atom. The molecule has 1 spiro atoms. The second-order valence-corrected chi connectivity index (χ2v) is 11.2. The summed E-state index contributed by atoms with van der Waals surface area (Å²) in [5, 5.41) is 9.13. The zero-order chi connectivity index (χ0) is 23.2. The van der Waals surface area contributed by atoms with Gasteiger partial charge in [0.25, 0.3) is 0 Å². The summed E-state index contributed by atoms with van der Waals surface area (Å²) in [5.74, 6) is 0.542. The number of hydrogen-bond donors (Lipinski definition) is 1. The van der Waals surface area contributed by atoms with E-state index in [0.717, 1.165) is 57.0 Å². The predicted molar refractivity (Wildman–Crippen MR) is 132 cm³/mol. The summed E-state index contributed by atoms with van der Waals surface area (Å²) in [6.07, 6.45) is 6.04. The smallest absolute Gasteiger partial charge is 0.229 e. The van der Waals surface area contributed by atoms with Gasteiger partial charge in [-0.05, 0) is 60.7 Å². The van der Waals surface area contributed by atoms with Gasteiger partial charge in [0.1, 0.15) is 11.4 Å². The third-order valence-electron chi connectivity index (χ3n) is 7.16. The van der Waals surface area contributed by atoms with Crippen LogP contribution in [0.15, 0.2) is 36.4 Å². The van der Waals surface area contributed by atoms with Gasteiger partial charge < -0.3 is 4.74 Å². The molecule has 2 aliphatic heterocycles. The highest BCUT2D eigenvalue weighted by Gasteiger charge is 2.44. The van der Waals surface area contributed by atoms with Crippen LogP contribution in [0.2, 0.25) is 0 Å². The van der Waals surface area contributed by atoms with Crippen molar-refractivity contribution in [2.75, 3.05) is 24.1 Å². The molecule has 2 heterocycles. The minimum atomic E-state index is -3.41. The normalized spacial score (nSPS) is 21.4. The molecule has 0 aromatic heterocycles. The van der Waals surface area contributed by atoms with Crippen LogP contribution in [0.3, 0.4) is 0 Å². The highest BCUT2D eigenvalue weighted by Crippen LogP contribution is 2.41. The Balaban J connectivity index is 0.00000274. The van der Waals surface area contributed by atoms with Crippen molar-refractivity contribution in [1.29, 1.82) is 5.26 Å². The maximum Gasteiger partial charge on any atom is 0.229 e. The summed E-state index contributed by atoms with van der Waals surface area (Å²) in [5.41, 5.74) is 3.69. The van der Waals surface area contributed by atoms with Crippen molar-refractivity contribution in [2.45, 2.75) is 50.2 Å². The molecule has 5 rings (SSSR count). The molecule has 1 fully saturated rings. The first-order valence-electron chi connectivity index (χ1n) is 11.3. The van der Waals surface area contributed by atoms with E-state index in [2.05, 4.69) is 21.8 Å². The van der Waals surface area contributed by atoms with E-state index in [1.807, 2.05) is 12.1 Å². The standard InChI is InChI=1S/C25H27N3O4S.ClH/c1-33(30,31)27-20-5-7-24-22(14-20)23(29)15-25(32-24)8-10-28(11-9-25)21-6-4-18-12-17(16-26)2-3-19(18)13-21;/h2-3,5,7,12,14,21,27H,4,6,8-11,13,15H2,1H3;1H. The number of halogens is 1. The van der Waals surface area contributed by atoms with Gasteiger partial charge in [-0.15, -0.1) is 12.4 Å². The summed E-state index contributed by atoms with van der Waals surface area (Å²) in [6.45, 7) is 1.76. The lowest BCUT2D eigenvalue weighted by Crippen LogP contribution is -2.54. The molecule has 1 atom stereocenters. The number of nitrogens with zero attached hydrogens (tertiary/aromatic N) is 2. The molecule has 3 aliphatic rings. The van der Waals surface area contributed by atoms with Crippen LogP contribution in [0.5, 0.6) is 5.75 Å². The molecule has 2 aromatic carbocycles. The van der Waals surface area contributed by atoms with E-state index in [9.17, 15) is 13.2 Å². The van der Waals surface area contributed by atoms with E-state index in [1.165, 1.54) is 11.1 Å². The number of sulfonamides is 1. The zero-order valence-electron chi connectivity index (χ0n) is 19.0. The molecule has 0 saturated carbocycles. The monoisotopic (exact) mass is 501 g/mol. The lowest BCUT2D eigenvalue weighted by molar-refractivity contribution is -0.0200. The van der Waals surface area contributed by atoms with Gasteiger partial charge in [-0.3, -0.25) is 14.4 Å². The third-order valence-corrected chi connectivity index (χ3v) is 7.76. The zero-order valence-corrected chi connectivity index (χ0v) is 20.7. The molecule has 1 unspecified atom stereocenters. The lowest BCUT2D eigenvalue weighted by Gasteiger charge is -2.46. The number of Topliss-reactive ketones (excluding diaryl/α,β-unsaturated/α-hetero) is 1. The Bertz CT molecular complexity index is 1260. The summed E-state index contributed by atoms with van der Waals surface area (Å²) < 4.78 is 31.8. The number of piperidine rings is 1. The van der Waals surface area contributed by atoms with Crippen LogP contribution in [-0.2, 0) is 22.9 Å². The molecule has 0 amide bonds. The Hall–Kier alpha value is -2.60. The number of benzene rings is 2. The first-order valence-corrected chi connectivity index (χ1v) is 13.2. The van der Waals surface area contributed by atoms with Crippen molar-refractivity contribution >= 4 is 33.9 Å². The Kier molecular flexibility index (Phi) is 6.65. The van der Waals surface area contributed by atoms with Crippen LogP contribution in [-0.4, -0.2) is 50.1 Å². The number of carbonyl (C=O) groups is 1. The Morgan fingerprint density at radius 1 is 1.15 bits per heavy atom. The van der Waals surface area contributed by atoms with Crippen molar-refractivity contribution in [2.24, 2.45) is 0 Å². The molecule has 0 bridgehead atoms. The minimum Gasteiger partial charge on any atom is -0.486 e. The minimum absolute atomic E-state index is 0. The van der Waals surface area contributed by atoms with Gasteiger partial charge in [0.05, 0.1) is 29.9 Å². The molecule has 9 heteroatoms. The molecule has 34 heavy (non-hydrogen) atoms. The number of fused-ring (bicyclic) bond motifs is 2. The molecule has 2 aromatic rings. The number of rotatable bonds is 3. The van der Waals surface area contributed by atoms with Crippen molar-refractivity contribution < 1.29 is 17.9 Å². The van der Waals surface area contributed by atoms with Crippen molar-refractivity contribution in [3.05, 3.63) is 58.7 Å². The lowest BCUT2D eigenvalue weighted by atomic mass is 9.80. The summed E-state index contributed by atoms with van der Waals surface area (Å²) in [6, 6.07) is 13.6. The van der Waals surface area contributed by atoms with E-state index >= 15 is 0 Å². The molecule has 0 radical (unpaired) electrons. The number of anilines is 1. The Morgan fingerprint density at radius 2 is 1.91 bits per heavy atom. The molecule has 1 N–H and O–H groups in total. The van der Waals surface area contributed by atoms with E-state index in [4.69, 9.17) is 10.00 Å². The third kappa shape index (κ3) is 4.92. The van der Waals surface area contributed by atoms with Crippen molar-refractivity contribution in [1.82, 2.24) is 4.90 Å². The van der Waals surface area contributed by atoms with Crippen LogP contribution >= 0.6 is 12.4 Å². The van der Waals surface area contributed by atoms with Crippen LogP contribution < -0.4 is 9.46 Å². The van der Waals surface area contributed by atoms with Gasteiger partial charge in [0, 0.05) is 37.7 Å². The van der Waals surface area contributed by atoms with Crippen molar-refractivity contribution in [3.63, 3.8) is 0 Å². The maximum atomic E-state index is 13.0. The number of ketones is 1. The fourth-order valence-electron chi connectivity index (χ4n) is 5.46. The largest absolute Gasteiger partial charge is 0.486 e. The molecular formula is C25H28ClN3O4S. The van der Waals surface area contributed by atoms with E-state index in [-0.39, 0.29) is 18.2 Å². The molecule has 1 saturated heterocycles. The number of ether oxygens (including phenoxy) is 1. The second kappa shape index (κ2) is 9.21. The van der Waals surface area contributed by atoms with Gasteiger partial charge in [-0.2, -0.15) is 5.26 Å². The molecule has 1 aliphatic carbocycles. The van der Waals surface area contributed by atoms with Gasteiger partial charge >= 0.3 is 0 Å². The number of nitriles is 1. The highest BCUT2D eigenvalue weighted by atomic mass is 35.5. The molecule has 7 nitrogen and oxygen atoms in total.